The van der Waals surface area contributed by atoms with Gasteiger partial charge in [0.05, 0.1) is 10.8 Å². The van der Waals surface area contributed by atoms with E-state index in [0.29, 0.717) is 29.0 Å². The second-order valence-electron chi connectivity index (χ2n) is 8.99. The molecule has 4 rings (SSSR count). The van der Waals surface area contributed by atoms with Crippen molar-refractivity contribution in [2.75, 3.05) is 19.6 Å². The fraction of sp³-hybridized carbons (Fsp3) is 0.500. The molecule has 1 aromatic carbocycles. The lowest BCUT2D eigenvalue weighted by atomic mass is 9.79. The van der Waals surface area contributed by atoms with Crippen LogP contribution in [-0.4, -0.2) is 46.6 Å². The predicted octanol–water partition coefficient (Wildman–Crippen LogP) is 4.89. The molecule has 6 heteroatoms. The Labute approximate surface area is 195 Å². The number of amides is 2. The van der Waals surface area contributed by atoms with Crippen molar-refractivity contribution >= 4 is 23.6 Å². The molecule has 1 atom stereocenters. The molecule has 32 heavy (non-hydrogen) atoms. The maximum absolute atomic E-state index is 12.9. The molecule has 5 nitrogen and oxygen atoms in total. The van der Waals surface area contributed by atoms with Gasteiger partial charge in [-0.1, -0.05) is 42.1 Å². The lowest BCUT2D eigenvalue weighted by molar-refractivity contribution is -0.129. The average Bonchev–Trinajstić information content (AvgIpc) is 3.38. The van der Waals surface area contributed by atoms with Gasteiger partial charge in [-0.15, -0.1) is 0 Å². The molecule has 1 N–H and O–H groups in total. The first-order valence-corrected chi connectivity index (χ1v) is 12.7. The quantitative estimate of drug-likeness (QED) is 0.609. The van der Waals surface area contributed by atoms with Crippen LogP contribution in [0.4, 0.5) is 0 Å². The molecule has 1 saturated heterocycles. The van der Waals surface area contributed by atoms with Gasteiger partial charge in [0.2, 0.25) is 5.91 Å². The molecule has 1 aromatic heterocycles. The number of thioether (sulfide) groups is 1. The number of benzene rings is 1. The van der Waals surface area contributed by atoms with Gasteiger partial charge in [-0.3, -0.25) is 9.59 Å². The highest BCUT2D eigenvalue weighted by Crippen LogP contribution is 2.35. The average molecular weight is 452 g/mol. The van der Waals surface area contributed by atoms with E-state index < -0.39 is 0 Å². The Hall–Kier alpha value is -2.34. The van der Waals surface area contributed by atoms with Crippen molar-refractivity contribution in [1.29, 1.82) is 0 Å². The summed E-state index contributed by atoms with van der Waals surface area (Å²) in [4.78, 5) is 32.0. The second kappa shape index (κ2) is 11.0. The minimum Gasteiger partial charge on any atom is -0.352 e. The molecule has 1 aliphatic heterocycles. The number of likely N-dealkylation sites (tertiary alicyclic amines) is 1. The first-order chi connectivity index (χ1) is 15.6. The molecule has 1 aliphatic carbocycles. The number of nitrogens with one attached hydrogen (secondary N) is 1. The zero-order valence-electron chi connectivity index (χ0n) is 18.8. The highest BCUT2D eigenvalue weighted by Gasteiger charge is 2.27. The van der Waals surface area contributed by atoms with Gasteiger partial charge >= 0.3 is 0 Å². The Kier molecular flexibility index (Phi) is 7.85. The summed E-state index contributed by atoms with van der Waals surface area (Å²) in [5.74, 6) is 1.20. The molecule has 0 radical (unpaired) electrons. The maximum atomic E-state index is 12.9. The smallest absolute Gasteiger partial charge is 0.254 e. The number of aromatic nitrogens is 1. The van der Waals surface area contributed by atoms with Crippen LogP contribution in [-0.2, 0) is 4.79 Å². The van der Waals surface area contributed by atoms with Gasteiger partial charge in [0, 0.05) is 25.8 Å². The molecule has 0 bridgehead atoms. The van der Waals surface area contributed by atoms with E-state index in [2.05, 4.69) is 40.6 Å². The van der Waals surface area contributed by atoms with Gasteiger partial charge in [-0.25, -0.2) is 4.98 Å². The Morgan fingerprint density at radius 3 is 2.50 bits per heavy atom. The fourth-order valence-corrected chi connectivity index (χ4v) is 5.82. The van der Waals surface area contributed by atoms with Crippen molar-refractivity contribution in [2.24, 2.45) is 5.92 Å². The first-order valence-electron chi connectivity index (χ1n) is 11.9. The van der Waals surface area contributed by atoms with Gasteiger partial charge in [0.25, 0.3) is 5.91 Å². The lowest BCUT2D eigenvalue weighted by Gasteiger charge is -2.29. The molecule has 0 spiro atoms. The third-order valence-corrected chi connectivity index (χ3v) is 7.84. The molecule has 2 fully saturated rings. The van der Waals surface area contributed by atoms with Gasteiger partial charge in [0.15, 0.2) is 0 Å². The van der Waals surface area contributed by atoms with E-state index in [1.165, 1.54) is 30.2 Å². The molecule has 170 valence electrons. The van der Waals surface area contributed by atoms with Crippen molar-refractivity contribution < 1.29 is 9.59 Å². The Morgan fingerprint density at radius 1 is 1.06 bits per heavy atom. The second-order valence-corrected chi connectivity index (χ2v) is 10.3. The van der Waals surface area contributed by atoms with Crippen LogP contribution in [0.3, 0.4) is 0 Å². The van der Waals surface area contributed by atoms with Crippen molar-refractivity contribution in [1.82, 2.24) is 15.2 Å². The van der Waals surface area contributed by atoms with E-state index in [-0.39, 0.29) is 17.1 Å². The monoisotopic (exact) mass is 451 g/mol. The van der Waals surface area contributed by atoms with Crippen LogP contribution < -0.4 is 5.32 Å². The molecule has 2 heterocycles. The molecular weight excluding hydrogens is 418 g/mol. The number of hydrogen-bond acceptors (Lipinski definition) is 4. The first kappa shape index (κ1) is 22.8. The van der Waals surface area contributed by atoms with Crippen molar-refractivity contribution in [3.05, 3.63) is 59.8 Å². The molecule has 1 saturated carbocycles. The number of carbonyl (C=O) groups is 2. The standard InChI is InChI=1S/C26H33N3O2S/c1-19(26(31)29-16-5-6-17-29)32-25-23(10-7-15-27-25)24(30)28-18-20-11-13-22(14-12-20)21-8-3-2-4-9-21/h2-4,7-10,15,19-20,22H,5-6,11-14,16-18H2,1H3,(H,28,30). The summed E-state index contributed by atoms with van der Waals surface area (Å²) in [6.07, 6.45) is 8.47. The Bertz CT molecular complexity index is 906. The SMILES string of the molecule is CC(Sc1ncccc1C(=O)NCC1CCC(c2ccccc2)CC1)C(=O)N1CCCC1. The summed E-state index contributed by atoms with van der Waals surface area (Å²) in [5, 5.41) is 3.52. The van der Waals surface area contributed by atoms with E-state index in [0.717, 1.165) is 38.8 Å². The summed E-state index contributed by atoms with van der Waals surface area (Å²) in [6, 6.07) is 14.3. The normalized spacial score (nSPS) is 21.8. The minimum absolute atomic E-state index is 0.0911. The van der Waals surface area contributed by atoms with E-state index in [4.69, 9.17) is 0 Å². The van der Waals surface area contributed by atoms with Gasteiger partial charge < -0.3 is 10.2 Å². The lowest BCUT2D eigenvalue weighted by Crippen LogP contribution is -2.34. The highest BCUT2D eigenvalue weighted by atomic mass is 32.2. The topological polar surface area (TPSA) is 62.3 Å². The zero-order chi connectivity index (χ0) is 22.3. The highest BCUT2D eigenvalue weighted by molar-refractivity contribution is 8.00. The summed E-state index contributed by atoms with van der Waals surface area (Å²) in [7, 11) is 0. The summed E-state index contributed by atoms with van der Waals surface area (Å²) < 4.78 is 0. The zero-order valence-corrected chi connectivity index (χ0v) is 19.7. The van der Waals surface area contributed by atoms with Crippen molar-refractivity contribution in [3.63, 3.8) is 0 Å². The van der Waals surface area contributed by atoms with E-state index in [1.807, 2.05) is 17.9 Å². The molecule has 2 amide bonds. The number of carbonyl (C=O) groups excluding carboxylic acids is 2. The number of pyridine rings is 1. The molecule has 2 aliphatic rings. The van der Waals surface area contributed by atoms with Crippen LogP contribution in [0.2, 0.25) is 0 Å². The van der Waals surface area contributed by atoms with Crippen molar-refractivity contribution in [3.8, 4) is 0 Å². The Balaban J connectivity index is 1.29. The maximum Gasteiger partial charge on any atom is 0.254 e. The van der Waals surface area contributed by atoms with Gasteiger partial charge in [0.1, 0.15) is 5.03 Å². The third-order valence-electron chi connectivity index (χ3n) is 6.74. The van der Waals surface area contributed by atoms with Crippen LogP contribution in [0.15, 0.2) is 53.7 Å². The van der Waals surface area contributed by atoms with E-state index in [1.54, 1.807) is 12.3 Å². The third kappa shape index (κ3) is 5.71. The summed E-state index contributed by atoms with van der Waals surface area (Å²) >= 11 is 1.39. The summed E-state index contributed by atoms with van der Waals surface area (Å²) in [6.45, 7) is 4.28. The van der Waals surface area contributed by atoms with Crippen LogP contribution in [0, 0.1) is 5.92 Å². The summed E-state index contributed by atoms with van der Waals surface area (Å²) in [5.41, 5.74) is 2.00. The molecule has 1 unspecified atom stereocenters. The largest absolute Gasteiger partial charge is 0.352 e. The van der Waals surface area contributed by atoms with Crippen LogP contribution in [0.5, 0.6) is 0 Å². The predicted molar refractivity (Wildman–Crippen MR) is 129 cm³/mol. The van der Waals surface area contributed by atoms with Crippen molar-refractivity contribution in [2.45, 2.75) is 61.6 Å². The number of nitrogens with zero attached hydrogens (tertiary/aromatic N) is 2. The van der Waals surface area contributed by atoms with E-state index >= 15 is 0 Å². The van der Waals surface area contributed by atoms with Gasteiger partial charge in [-0.2, -0.15) is 0 Å². The van der Waals surface area contributed by atoms with E-state index in [9.17, 15) is 9.59 Å². The molecule has 2 aromatic rings. The van der Waals surface area contributed by atoms with Gasteiger partial charge in [-0.05, 0) is 75.0 Å². The minimum atomic E-state index is -0.247. The molecular formula is C26H33N3O2S. The number of rotatable bonds is 7. The van der Waals surface area contributed by atoms with Crippen LogP contribution in [0.1, 0.15) is 67.3 Å². The number of hydrogen-bond donors (Lipinski definition) is 1. The Morgan fingerprint density at radius 2 is 1.78 bits per heavy atom. The van der Waals surface area contributed by atoms with Crippen LogP contribution in [0.25, 0.3) is 0 Å². The fourth-order valence-electron chi connectivity index (χ4n) is 4.83. The van der Waals surface area contributed by atoms with Crippen LogP contribution >= 0.6 is 11.8 Å².